The van der Waals surface area contributed by atoms with Gasteiger partial charge in [0, 0.05) is 25.0 Å². The Labute approximate surface area is 112 Å². The fraction of sp³-hybridized carbons (Fsp3) is 0.688. The van der Waals surface area contributed by atoms with Crippen LogP contribution in [0.15, 0.2) is 19.0 Å². The van der Waals surface area contributed by atoms with Crippen LogP contribution in [0.1, 0.15) is 70.5 Å². The molecule has 1 aromatic heterocycles. The number of unbranched alkanes of at least 4 members (excludes halogenated alkanes) is 8. The zero-order valence-electron chi connectivity index (χ0n) is 11.9. The highest BCUT2D eigenvalue weighted by molar-refractivity contribution is 5.19. The maximum atomic E-state index is 4.35. The molecule has 2 heteroatoms. The highest BCUT2D eigenvalue weighted by atomic mass is 15.0. The minimum absolute atomic E-state index is 1.08. The molecule has 1 heterocycles. The molecule has 0 saturated carbocycles. The predicted octanol–water partition coefficient (Wildman–Crippen LogP) is 5.06. The summed E-state index contributed by atoms with van der Waals surface area (Å²) in [7, 11) is 0. The molecule has 0 aliphatic carbocycles. The zero-order valence-corrected chi connectivity index (χ0v) is 11.9. The summed E-state index contributed by atoms with van der Waals surface area (Å²) in [5, 5.41) is 0. The summed E-state index contributed by atoms with van der Waals surface area (Å²) in [5.74, 6) is 1.15. The minimum Gasteiger partial charge on any atom is -0.311 e. The largest absolute Gasteiger partial charge is 0.311 e. The molecule has 0 unspecified atom stereocenters. The van der Waals surface area contributed by atoms with Crippen LogP contribution in [0.5, 0.6) is 0 Å². The van der Waals surface area contributed by atoms with Crippen LogP contribution in [-0.2, 0) is 6.42 Å². The molecule has 0 atom stereocenters. The maximum Gasteiger partial charge on any atom is 0.112 e. The molecule has 0 spiro atoms. The molecular formula is C16H28N2. The standard InChI is InChI=1S/C16H28N2/c1-3-5-6-7-8-9-10-11-12-13-16-17-14-15-18(16)4-2/h4,14-15H,2-3,5-13H2,1H3. The van der Waals surface area contributed by atoms with E-state index in [1.165, 1.54) is 57.8 Å². The smallest absolute Gasteiger partial charge is 0.112 e. The molecule has 0 aliphatic rings. The quantitative estimate of drug-likeness (QED) is 0.501. The number of hydrogen-bond acceptors (Lipinski definition) is 1. The Morgan fingerprint density at radius 2 is 1.67 bits per heavy atom. The minimum atomic E-state index is 1.08. The average molecular weight is 248 g/mol. The van der Waals surface area contributed by atoms with E-state index in [0.717, 1.165) is 12.2 Å². The summed E-state index contributed by atoms with van der Waals surface area (Å²) >= 11 is 0. The van der Waals surface area contributed by atoms with Gasteiger partial charge in [0.2, 0.25) is 0 Å². The molecule has 0 aliphatic heterocycles. The van der Waals surface area contributed by atoms with Gasteiger partial charge in [0.05, 0.1) is 0 Å². The summed E-state index contributed by atoms with van der Waals surface area (Å²) in [5.41, 5.74) is 0. The SMILES string of the molecule is C=Cn1ccnc1CCCCCCCCCCC. The number of aryl methyl sites for hydroxylation is 1. The molecule has 0 N–H and O–H groups in total. The van der Waals surface area contributed by atoms with E-state index in [9.17, 15) is 0 Å². The van der Waals surface area contributed by atoms with E-state index in [0.29, 0.717) is 0 Å². The van der Waals surface area contributed by atoms with E-state index >= 15 is 0 Å². The van der Waals surface area contributed by atoms with E-state index in [4.69, 9.17) is 0 Å². The third-order valence-electron chi connectivity index (χ3n) is 3.45. The molecule has 0 amide bonds. The summed E-state index contributed by atoms with van der Waals surface area (Å²) in [6.07, 6.45) is 19.1. The Balaban J connectivity index is 1.94. The lowest BCUT2D eigenvalue weighted by atomic mass is 10.1. The van der Waals surface area contributed by atoms with Gasteiger partial charge in [0.15, 0.2) is 0 Å². The molecule has 0 fully saturated rings. The van der Waals surface area contributed by atoms with E-state index in [2.05, 4.69) is 18.5 Å². The number of imidazole rings is 1. The van der Waals surface area contributed by atoms with Crippen molar-refractivity contribution in [3.05, 3.63) is 24.8 Å². The summed E-state index contributed by atoms with van der Waals surface area (Å²) in [4.78, 5) is 4.35. The maximum absolute atomic E-state index is 4.35. The van der Waals surface area contributed by atoms with Crippen molar-refractivity contribution in [2.45, 2.75) is 71.1 Å². The van der Waals surface area contributed by atoms with E-state index in [1.54, 1.807) is 0 Å². The van der Waals surface area contributed by atoms with E-state index in [-0.39, 0.29) is 0 Å². The molecule has 102 valence electrons. The second-order valence-corrected chi connectivity index (χ2v) is 5.01. The Morgan fingerprint density at radius 1 is 1.06 bits per heavy atom. The van der Waals surface area contributed by atoms with Crippen molar-refractivity contribution in [3.8, 4) is 0 Å². The number of aromatic nitrogens is 2. The van der Waals surface area contributed by atoms with Crippen LogP contribution in [0, 0.1) is 0 Å². The van der Waals surface area contributed by atoms with Crippen molar-refractivity contribution in [2.24, 2.45) is 0 Å². The highest BCUT2D eigenvalue weighted by Crippen LogP contribution is 2.11. The number of nitrogens with zero attached hydrogens (tertiary/aromatic N) is 2. The molecule has 18 heavy (non-hydrogen) atoms. The Hall–Kier alpha value is -1.05. The van der Waals surface area contributed by atoms with E-state index < -0.39 is 0 Å². The fourth-order valence-electron chi connectivity index (χ4n) is 2.30. The normalized spacial score (nSPS) is 10.7. The highest BCUT2D eigenvalue weighted by Gasteiger charge is 1.99. The van der Waals surface area contributed by atoms with Crippen molar-refractivity contribution in [2.75, 3.05) is 0 Å². The Bertz CT molecular complexity index is 315. The third kappa shape index (κ3) is 6.04. The van der Waals surface area contributed by atoms with Gasteiger partial charge in [-0.25, -0.2) is 4.98 Å². The predicted molar refractivity (Wildman–Crippen MR) is 79.5 cm³/mol. The van der Waals surface area contributed by atoms with Crippen molar-refractivity contribution in [3.63, 3.8) is 0 Å². The monoisotopic (exact) mass is 248 g/mol. The van der Waals surface area contributed by atoms with Crippen LogP contribution < -0.4 is 0 Å². The first-order valence-electron chi connectivity index (χ1n) is 7.52. The second kappa shape index (κ2) is 9.93. The molecule has 0 bridgehead atoms. The molecule has 0 aromatic carbocycles. The fourth-order valence-corrected chi connectivity index (χ4v) is 2.30. The van der Waals surface area contributed by atoms with Crippen molar-refractivity contribution in [1.82, 2.24) is 9.55 Å². The second-order valence-electron chi connectivity index (χ2n) is 5.01. The molecule has 0 radical (unpaired) electrons. The molecule has 0 saturated heterocycles. The van der Waals surface area contributed by atoms with Crippen molar-refractivity contribution >= 4 is 6.20 Å². The summed E-state index contributed by atoms with van der Waals surface area (Å²) < 4.78 is 2.02. The van der Waals surface area contributed by atoms with Gasteiger partial charge in [-0.15, -0.1) is 0 Å². The van der Waals surface area contributed by atoms with Gasteiger partial charge >= 0.3 is 0 Å². The number of hydrogen-bond donors (Lipinski definition) is 0. The first-order valence-corrected chi connectivity index (χ1v) is 7.52. The van der Waals surface area contributed by atoms with Gasteiger partial charge < -0.3 is 4.57 Å². The van der Waals surface area contributed by atoms with Crippen molar-refractivity contribution < 1.29 is 0 Å². The lowest BCUT2D eigenvalue weighted by Gasteiger charge is -2.03. The van der Waals surface area contributed by atoms with Gasteiger partial charge in [-0.05, 0) is 6.42 Å². The van der Waals surface area contributed by atoms with Crippen LogP contribution in [-0.4, -0.2) is 9.55 Å². The summed E-state index contributed by atoms with van der Waals surface area (Å²) in [6.45, 7) is 6.05. The third-order valence-corrected chi connectivity index (χ3v) is 3.45. The first kappa shape index (κ1) is 15.0. The van der Waals surface area contributed by atoms with Gasteiger partial charge in [-0.1, -0.05) is 64.9 Å². The van der Waals surface area contributed by atoms with E-state index in [1.807, 2.05) is 23.2 Å². The lowest BCUT2D eigenvalue weighted by Crippen LogP contribution is -1.95. The van der Waals surface area contributed by atoms with Gasteiger partial charge in [-0.2, -0.15) is 0 Å². The first-order chi connectivity index (χ1) is 8.88. The van der Waals surface area contributed by atoms with Crippen LogP contribution >= 0.6 is 0 Å². The van der Waals surface area contributed by atoms with Crippen LogP contribution in [0.4, 0.5) is 0 Å². The van der Waals surface area contributed by atoms with Gasteiger partial charge in [0.25, 0.3) is 0 Å². The van der Waals surface area contributed by atoms with Crippen LogP contribution in [0.3, 0.4) is 0 Å². The average Bonchev–Trinajstić information content (AvgIpc) is 2.84. The molecule has 2 nitrogen and oxygen atoms in total. The number of rotatable bonds is 11. The van der Waals surface area contributed by atoms with Crippen molar-refractivity contribution in [1.29, 1.82) is 0 Å². The van der Waals surface area contributed by atoms with Gasteiger partial charge in [0.1, 0.15) is 5.82 Å². The van der Waals surface area contributed by atoms with Gasteiger partial charge in [-0.3, -0.25) is 0 Å². The Morgan fingerprint density at radius 3 is 2.28 bits per heavy atom. The molecule has 1 rings (SSSR count). The summed E-state index contributed by atoms with van der Waals surface area (Å²) in [6, 6.07) is 0. The molecule has 1 aromatic rings. The topological polar surface area (TPSA) is 17.8 Å². The molecular weight excluding hydrogens is 220 g/mol. The zero-order chi connectivity index (χ0) is 13.1. The van der Waals surface area contributed by atoms with Crippen LogP contribution in [0.25, 0.3) is 6.20 Å². The lowest BCUT2D eigenvalue weighted by molar-refractivity contribution is 0.561. The van der Waals surface area contributed by atoms with Crippen LogP contribution in [0.2, 0.25) is 0 Å². The Kier molecular flexibility index (Phi) is 8.28.